The van der Waals surface area contributed by atoms with Gasteiger partial charge < -0.3 is 5.32 Å². The first-order valence-corrected chi connectivity index (χ1v) is 6.04. The number of carbonyl (C=O) groups is 1. The van der Waals surface area contributed by atoms with Gasteiger partial charge in [0, 0.05) is 17.8 Å². The fourth-order valence-corrected chi connectivity index (χ4v) is 1.15. The summed E-state index contributed by atoms with van der Waals surface area (Å²) in [6.07, 6.45) is 0.588. The maximum atomic E-state index is 11.5. The molecule has 1 atom stereocenters. The van der Waals surface area contributed by atoms with E-state index in [1.807, 2.05) is 0 Å². The fraction of sp³-hybridized carbons (Fsp3) is 0.909. The zero-order valence-corrected chi connectivity index (χ0v) is 11.4. The first-order valence-electron chi connectivity index (χ1n) is 5.13. The Kier molecular flexibility index (Phi) is 5.72. The molecule has 0 fully saturated rings. The van der Waals surface area contributed by atoms with Crippen LogP contribution in [0.5, 0.6) is 0 Å². The zero-order chi connectivity index (χ0) is 11.4. The van der Waals surface area contributed by atoms with E-state index in [2.05, 4.69) is 55.9 Å². The Hall–Kier alpha value is -0.0500. The summed E-state index contributed by atoms with van der Waals surface area (Å²) < 4.78 is 0. The van der Waals surface area contributed by atoms with Gasteiger partial charge in [0.15, 0.2) is 0 Å². The number of halogens is 1. The molecule has 0 aromatic heterocycles. The van der Waals surface area contributed by atoms with Crippen LogP contribution in [-0.2, 0) is 4.79 Å². The topological polar surface area (TPSA) is 29.1 Å². The average molecular weight is 264 g/mol. The summed E-state index contributed by atoms with van der Waals surface area (Å²) in [6, 6.07) is 0. The lowest BCUT2D eigenvalue weighted by Crippen LogP contribution is -2.33. The smallest absolute Gasteiger partial charge is 0.220 e. The van der Waals surface area contributed by atoms with Crippen molar-refractivity contribution in [2.24, 2.45) is 11.3 Å². The van der Waals surface area contributed by atoms with E-state index in [0.29, 0.717) is 23.7 Å². The highest BCUT2D eigenvalue weighted by atomic mass is 79.9. The van der Waals surface area contributed by atoms with Gasteiger partial charge in [-0.2, -0.15) is 0 Å². The highest BCUT2D eigenvalue weighted by Crippen LogP contribution is 2.18. The average Bonchev–Trinajstić information content (AvgIpc) is 1.96. The van der Waals surface area contributed by atoms with Crippen LogP contribution in [0.25, 0.3) is 0 Å². The molecule has 0 aliphatic heterocycles. The maximum absolute atomic E-state index is 11.5. The number of rotatable bonds is 4. The van der Waals surface area contributed by atoms with Crippen LogP contribution in [0.3, 0.4) is 0 Å². The van der Waals surface area contributed by atoms with Crippen LogP contribution in [-0.4, -0.2) is 17.3 Å². The Bertz CT molecular complexity index is 184. The summed E-state index contributed by atoms with van der Waals surface area (Å²) >= 11 is 3.54. The fourth-order valence-electron chi connectivity index (χ4n) is 0.991. The molecule has 0 aliphatic rings. The molecule has 1 N–H and O–H groups in total. The van der Waals surface area contributed by atoms with Gasteiger partial charge in [-0.15, -0.1) is 0 Å². The number of carbonyl (C=O) groups excluding carboxylic acids is 1. The third kappa shape index (κ3) is 7.36. The van der Waals surface area contributed by atoms with Gasteiger partial charge in [0.05, 0.1) is 0 Å². The van der Waals surface area contributed by atoms with Crippen LogP contribution in [0.1, 0.15) is 41.0 Å². The van der Waals surface area contributed by atoms with E-state index in [-0.39, 0.29) is 11.3 Å². The van der Waals surface area contributed by atoms with E-state index < -0.39 is 0 Å². The van der Waals surface area contributed by atoms with Gasteiger partial charge in [0.25, 0.3) is 0 Å². The molecule has 0 bridgehead atoms. The van der Waals surface area contributed by atoms with Crippen molar-refractivity contribution < 1.29 is 4.79 Å². The summed E-state index contributed by atoms with van der Waals surface area (Å²) in [6.45, 7) is 11.2. The molecule has 0 aromatic carbocycles. The lowest BCUT2D eigenvalue weighted by molar-refractivity contribution is -0.122. The van der Waals surface area contributed by atoms with E-state index in [0.717, 1.165) is 0 Å². The molecule has 0 saturated heterocycles. The van der Waals surface area contributed by atoms with Crippen molar-refractivity contribution in [2.75, 3.05) is 6.54 Å². The quantitative estimate of drug-likeness (QED) is 0.777. The Labute approximate surface area is 96.0 Å². The first-order chi connectivity index (χ1) is 6.22. The van der Waals surface area contributed by atoms with Crippen LogP contribution in [0, 0.1) is 11.3 Å². The van der Waals surface area contributed by atoms with Crippen LogP contribution in [0.15, 0.2) is 0 Å². The van der Waals surface area contributed by atoms with Gasteiger partial charge in [-0.25, -0.2) is 0 Å². The Morgan fingerprint density at radius 2 is 1.86 bits per heavy atom. The number of nitrogens with one attached hydrogen (secondary N) is 1. The van der Waals surface area contributed by atoms with Crippen molar-refractivity contribution >= 4 is 21.8 Å². The predicted molar refractivity (Wildman–Crippen MR) is 64.6 cm³/mol. The Morgan fingerprint density at radius 1 is 1.36 bits per heavy atom. The van der Waals surface area contributed by atoms with E-state index in [1.54, 1.807) is 0 Å². The molecule has 0 saturated carbocycles. The Balaban J connectivity index is 3.75. The zero-order valence-electron chi connectivity index (χ0n) is 9.86. The van der Waals surface area contributed by atoms with Gasteiger partial charge >= 0.3 is 0 Å². The lowest BCUT2D eigenvalue weighted by atomic mass is 9.92. The van der Waals surface area contributed by atoms with Crippen LogP contribution < -0.4 is 5.32 Å². The minimum absolute atomic E-state index is 0.0731. The molecule has 0 rings (SSSR count). The second kappa shape index (κ2) is 5.74. The standard InChI is InChI=1S/C11H22BrNO/c1-8(2)9(12)7-13-10(14)6-11(3,4)5/h8-9H,6-7H2,1-5H3,(H,13,14). The molecule has 2 nitrogen and oxygen atoms in total. The lowest BCUT2D eigenvalue weighted by Gasteiger charge is -2.19. The van der Waals surface area contributed by atoms with Crippen LogP contribution in [0.2, 0.25) is 0 Å². The molecule has 0 radical (unpaired) electrons. The van der Waals surface area contributed by atoms with Crippen molar-refractivity contribution in [2.45, 2.75) is 45.9 Å². The third-order valence-corrected chi connectivity index (χ3v) is 3.29. The molecular weight excluding hydrogens is 242 g/mol. The number of hydrogen-bond acceptors (Lipinski definition) is 1. The molecule has 1 unspecified atom stereocenters. The minimum Gasteiger partial charge on any atom is -0.355 e. The molecule has 84 valence electrons. The second-order valence-electron chi connectivity index (χ2n) is 5.30. The van der Waals surface area contributed by atoms with Gasteiger partial charge in [0.2, 0.25) is 5.91 Å². The van der Waals surface area contributed by atoms with E-state index >= 15 is 0 Å². The predicted octanol–water partition coefficient (Wildman–Crippen LogP) is 2.96. The number of amides is 1. The summed E-state index contributed by atoms with van der Waals surface area (Å²) in [5, 5.41) is 2.93. The van der Waals surface area contributed by atoms with Crippen molar-refractivity contribution in [3.63, 3.8) is 0 Å². The summed E-state index contributed by atoms with van der Waals surface area (Å²) in [5.41, 5.74) is 0.0731. The summed E-state index contributed by atoms with van der Waals surface area (Å²) in [4.78, 5) is 11.8. The first kappa shape index (κ1) is 13.9. The molecule has 0 aromatic rings. The van der Waals surface area contributed by atoms with Crippen molar-refractivity contribution in [1.82, 2.24) is 5.32 Å². The monoisotopic (exact) mass is 263 g/mol. The molecule has 0 heterocycles. The normalized spacial score (nSPS) is 14.2. The highest BCUT2D eigenvalue weighted by molar-refractivity contribution is 9.09. The molecule has 3 heteroatoms. The van der Waals surface area contributed by atoms with E-state index in [9.17, 15) is 4.79 Å². The van der Waals surface area contributed by atoms with Crippen molar-refractivity contribution in [3.8, 4) is 0 Å². The molecule has 14 heavy (non-hydrogen) atoms. The number of alkyl halides is 1. The maximum Gasteiger partial charge on any atom is 0.220 e. The van der Waals surface area contributed by atoms with Crippen molar-refractivity contribution in [1.29, 1.82) is 0 Å². The second-order valence-corrected chi connectivity index (χ2v) is 6.48. The molecule has 0 aliphatic carbocycles. The van der Waals surface area contributed by atoms with E-state index in [4.69, 9.17) is 0 Å². The molecule has 0 spiro atoms. The van der Waals surface area contributed by atoms with Crippen LogP contribution in [0.4, 0.5) is 0 Å². The van der Waals surface area contributed by atoms with Crippen molar-refractivity contribution in [3.05, 3.63) is 0 Å². The molecular formula is C11H22BrNO. The van der Waals surface area contributed by atoms with Gasteiger partial charge in [0.1, 0.15) is 0 Å². The highest BCUT2D eigenvalue weighted by Gasteiger charge is 2.17. The Morgan fingerprint density at radius 3 is 2.21 bits per heavy atom. The van der Waals surface area contributed by atoms with Gasteiger partial charge in [-0.1, -0.05) is 50.5 Å². The van der Waals surface area contributed by atoms with Crippen LogP contribution >= 0.6 is 15.9 Å². The van der Waals surface area contributed by atoms with Gasteiger partial charge in [-0.05, 0) is 11.3 Å². The summed E-state index contributed by atoms with van der Waals surface area (Å²) in [5.74, 6) is 0.688. The largest absolute Gasteiger partial charge is 0.355 e. The SMILES string of the molecule is CC(C)C(Br)CNC(=O)CC(C)(C)C. The van der Waals surface area contributed by atoms with E-state index in [1.165, 1.54) is 0 Å². The van der Waals surface area contributed by atoms with Gasteiger partial charge in [-0.3, -0.25) is 4.79 Å². The molecule has 1 amide bonds. The third-order valence-electron chi connectivity index (χ3n) is 1.91. The summed E-state index contributed by atoms with van der Waals surface area (Å²) in [7, 11) is 0. The minimum atomic E-state index is 0.0731. The number of hydrogen-bond donors (Lipinski definition) is 1.